The highest BCUT2D eigenvalue weighted by atomic mass is 19.1. The van der Waals surface area contributed by atoms with Gasteiger partial charge in [-0.25, -0.2) is 9.82 Å². The Morgan fingerprint density at radius 3 is 2.78 bits per heavy atom. The number of ether oxygens (including phenoxy) is 2. The molecular formula is C17H15FN2O3. The van der Waals surface area contributed by atoms with Gasteiger partial charge >= 0.3 is 0 Å². The van der Waals surface area contributed by atoms with Crippen LogP contribution in [0.2, 0.25) is 0 Å². The predicted octanol–water partition coefficient (Wildman–Crippen LogP) is 2.51. The first kappa shape index (κ1) is 15.0. The Kier molecular flexibility index (Phi) is 4.23. The zero-order valence-electron chi connectivity index (χ0n) is 12.5. The molecule has 1 atom stereocenters. The summed E-state index contributed by atoms with van der Waals surface area (Å²) in [6.07, 6.45) is -0.783. The molecule has 1 heterocycles. The van der Waals surface area contributed by atoms with Crippen molar-refractivity contribution in [2.24, 2.45) is 5.10 Å². The molecule has 0 aliphatic carbocycles. The number of hydrogen-bond donors (Lipinski definition) is 1. The van der Waals surface area contributed by atoms with Gasteiger partial charge in [0.25, 0.3) is 5.91 Å². The molecule has 1 N–H and O–H groups in total. The van der Waals surface area contributed by atoms with Crippen LogP contribution in [0.4, 0.5) is 4.39 Å². The van der Waals surface area contributed by atoms with E-state index < -0.39 is 12.0 Å². The molecule has 6 heteroatoms. The van der Waals surface area contributed by atoms with Gasteiger partial charge in [-0.2, -0.15) is 5.10 Å². The summed E-state index contributed by atoms with van der Waals surface area (Å²) in [6.45, 7) is 1.79. The van der Waals surface area contributed by atoms with Crippen molar-refractivity contribution >= 4 is 11.6 Å². The fourth-order valence-corrected chi connectivity index (χ4v) is 2.14. The van der Waals surface area contributed by atoms with Crippen molar-refractivity contribution < 1.29 is 18.7 Å². The standard InChI is InChI=1S/C17H15FN2O3/c1-11(12-5-4-6-13(18)9-12)19-20-17(21)16-10-22-14-7-2-3-8-15(14)23-16/h2-9,16H,10H2,1H3,(H,20,21)/b19-11+. The summed E-state index contributed by atoms with van der Waals surface area (Å²) in [5.74, 6) is 0.347. The van der Waals surface area contributed by atoms with E-state index in [0.717, 1.165) is 0 Å². The minimum absolute atomic E-state index is 0.109. The third kappa shape index (κ3) is 3.48. The molecule has 0 saturated heterocycles. The number of para-hydroxylation sites is 2. The number of halogens is 1. The van der Waals surface area contributed by atoms with Gasteiger partial charge in [0.15, 0.2) is 11.5 Å². The molecule has 1 aliphatic heterocycles. The Morgan fingerprint density at radius 1 is 1.22 bits per heavy atom. The number of hydrazone groups is 1. The largest absolute Gasteiger partial charge is 0.485 e. The zero-order valence-corrected chi connectivity index (χ0v) is 12.5. The van der Waals surface area contributed by atoms with Gasteiger partial charge in [0.2, 0.25) is 6.10 Å². The fraction of sp³-hybridized carbons (Fsp3) is 0.176. The summed E-state index contributed by atoms with van der Waals surface area (Å²) in [6, 6.07) is 13.1. The lowest BCUT2D eigenvalue weighted by Crippen LogP contribution is -2.42. The van der Waals surface area contributed by atoms with Crippen molar-refractivity contribution in [1.29, 1.82) is 0 Å². The number of nitrogens with zero attached hydrogens (tertiary/aromatic N) is 1. The number of benzene rings is 2. The van der Waals surface area contributed by atoms with Crippen LogP contribution in [0.3, 0.4) is 0 Å². The lowest BCUT2D eigenvalue weighted by atomic mass is 10.1. The first-order valence-corrected chi connectivity index (χ1v) is 7.12. The van der Waals surface area contributed by atoms with Crippen molar-refractivity contribution in [2.45, 2.75) is 13.0 Å². The molecule has 0 aromatic heterocycles. The predicted molar refractivity (Wildman–Crippen MR) is 83.1 cm³/mol. The second-order valence-electron chi connectivity index (χ2n) is 5.05. The molecule has 0 fully saturated rings. The Bertz CT molecular complexity index is 761. The van der Waals surface area contributed by atoms with Crippen LogP contribution >= 0.6 is 0 Å². The first-order valence-electron chi connectivity index (χ1n) is 7.12. The van der Waals surface area contributed by atoms with Crippen LogP contribution in [0.1, 0.15) is 12.5 Å². The minimum Gasteiger partial charge on any atom is -0.485 e. The molecule has 1 unspecified atom stereocenters. The highest BCUT2D eigenvalue weighted by Gasteiger charge is 2.27. The molecule has 0 bridgehead atoms. The molecule has 1 aliphatic rings. The van der Waals surface area contributed by atoms with Gasteiger partial charge in [-0.3, -0.25) is 4.79 Å². The van der Waals surface area contributed by atoms with Gasteiger partial charge in [0, 0.05) is 5.56 Å². The van der Waals surface area contributed by atoms with Crippen molar-refractivity contribution in [3.63, 3.8) is 0 Å². The summed E-state index contributed by atoms with van der Waals surface area (Å²) in [5, 5.41) is 3.98. The van der Waals surface area contributed by atoms with E-state index in [9.17, 15) is 9.18 Å². The maximum absolute atomic E-state index is 13.2. The number of amides is 1. The van der Waals surface area contributed by atoms with E-state index in [1.807, 2.05) is 6.07 Å². The number of hydrogen-bond acceptors (Lipinski definition) is 4. The second-order valence-corrected chi connectivity index (χ2v) is 5.05. The zero-order chi connectivity index (χ0) is 16.2. The molecule has 5 nitrogen and oxygen atoms in total. The number of fused-ring (bicyclic) bond motifs is 1. The molecule has 23 heavy (non-hydrogen) atoms. The van der Waals surface area contributed by atoms with Crippen LogP contribution in [0.25, 0.3) is 0 Å². The minimum atomic E-state index is -0.783. The van der Waals surface area contributed by atoms with Gasteiger partial charge in [0.1, 0.15) is 12.4 Å². The third-order valence-corrected chi connectivity index (χ3v) is 3.38. The average Bonchev–Trinajstić information content (AvgIpc) is 2.59. The summed E-state index contributed by atoms with van der Waals surface area (Å²) < 4.78 is 24.2. The quantitative estimate of drug-likeness (QED) is 0.699. The van der Waals surface area contributed by atoms with E-state index in [4.69, 9.17) is 9.47 Å². The number of carbonyl (C=O) groups is 1. The SMILES string of the molecule is C/C(=N\NC(=O)C1COc2ccccc2O1)c1cccc(F)c1. The van der Waals surface area contributed by atoms with E-state index in [0.29, 0.717) is 22.8 Å². The van der Waals surface area contributed by atoms with E-state index >= 15 is 0 Å². The Balaban J connectivity index is 1.65. The van der Waals surface area contributed by atoms with E-state index in [1.54, 1.807) is 37.3 Å². The first-order chi connectivity index (χ1) is 11.1. The van der Waals surface area contributed by atoms with Crippen molar-refractivity contribution in [1.82, 2.24) is 5.43 Å². The smallest absolute Gasteiger partial charge is 0.284 e. The molecule has 0 saturated carbocycles. The average molecular weight is 314 g/mol. The molecular weight excluding hydrogens is 299 g/mol. The van der Waals surface area contributed by atoms with Crippen LogP contribution in [0.5, 0.6) is 11.5 Å². The monoisotopic (exact) mass is 314 g/mol. The maximum Gasteiger partial charge on any atom is 0.284 e. The highest BCUT2D eigenvalue weighted by Crippen LogP contribution is 2.30. The van der Waals surface area contributed by atoms with Gasteiger partial charge < -0.3 is 9.47 Å². The fourth-order valence-electron chi connectivity index (χ4n) is 2.14. The lowest BCUT2D eigenvalue weighted by molar-refractivity contribution is -0.130. The molecule has 2 aromatic rings. The third-order valence-electron chi connectivity index (χ3n) is 3.38. The van der Waals surface area contributed by atoms with Gasteiger partial charge in [-0.15, -0.1) is 0 Å². The van der Waals surface area contributed by atoms with E-state index in [-0.39, 0.29) is 12.4 Å². The Labute approximate surface area is 132 Å². The van der Waals surface area contributed by atoms with Gasteiger partial charge in [0.05, 0.1) is 5.71 Å². The number of carbonyl (C=O) groups excluding carboxylic acids is 1. The molecule has 0 radical (unpaired) electrons. The van der Waals surface area contributed by atoms with E-state index in [1.165, 1.54) is 12.1 Å². The van der Waals surface area contributed by atoms with Crippen LogP contribution in [-0.4, -0.2) is 24.3 Å². The van der Waals surface area contributed by atoms with E-state index in [2.05, 4.69) is 10.5 Å². The van der Waals surface area contributed by atoms with Crippen LogP contribution in [-0.2, 0) is 4.79 Å². The summed E-state index contributed by atoms with van der Waals surface area (Å²) in [4.78, 5) is 12.1. The van der Waals surface area contributed by atoms with Crippen molar-refractivity contribution in [3.8, 4) is 11.5 Å². The molecule has 3 rings (SSSR count). The van der Waals surface area contributed by atoms with Gasteiger partial charge in [-0.1, -0.05) is 24.3 Å². The highest BCUT2D eigenvalue weighted by molar-refractivity contribution is 5.99. The summed E-state index contributed by atoms with van der Waals surface area (Å²) in [5.41, 5.74) is 3.51. The number of nitrogens with one attached hydrogen (secondary N) is 1. The van der Waals surface area contributed by atoms with Crippen LogP contribution in [0, 0.1) is 5.82 Å². The van der Waals surface area contributed by atoms with Crippen LogP contribution in [0.15, 0.2) is 53.6 Å². The molecule has 0 spiro atoms. The van der Waals surface area contributed by atoms with Crippen molar-refractivity contribution in [3.05, 3.63) is 59.9 Å². The van der Waals surface area contributed by atoms with Gasteiger partial charge in [-0.05, 0) is 31.2 Å². The molecule has 1 amide bonds. The maximum atomic E-state index is 13.2. The number of rotatable bonds is 3. The van der Waals surface area contributed by atoms with Crippen molar-refractivity contribution in [2.75, 3.05) is 6.61 Å². The molecule has 2 aromatic carbocycles. The second kappa shape index (κ2) is 6.48. The summed E-state index contributed by atoms with van der Waals surface area (Å²) in [7, 11) is 0. The topological polar surface area (TPSA) is 59.9 Å². The lowest BCUT2D eigenvalue weighted by Gasteiger charge is -2.24. The normalized spacial score (nSPS) is 16.8. The Morgan fingerprint density at radius 2 is 2.00 bits per heavy atom. The molecule has 118 valence electrons. The van der Waals surface area contributed by atoms with Crippen LogP contribution < -0.4 is 14.9 Å². The Hall–Kier alpha value is -2.89. The summed E-state index contributed by atoms with van der Waals surface area (Å²) >= 11 is 0.